The minimum Gasteiger partial charge on any atom is -0.228 e. The fraction of sp³-hybridized carbons (Fsp3) is 0.375. The molecule has 90 valence electrons. The lowest BCUT2D eigenvalue weighted by Crippen LogP contribution is -2.27. The van der Waals surface area contributed by atoms with Gasteiger partial charge in [0, 0.05) is 6.20 Å². The van der Waals surface area contributed by atoms with Crippen molar-refractivity contribution in [2.45, 2.75) is 6.92 Å². The van der Waals surface area contributed by atoms with Crippen LogP contribution in [0.25, 0.3) is 0 Å². The summed E-state index contributed by atoms with van der Waals surface area (Å²) in [6.45, 7) is 1.44. The second-order valence-corrected chi connectivity index (χ2v) is 6.86. The number of rotatable bonds is 3. The number of hydrogen-bond acceptors (Lipinski definition) is 4. The number of nitrogens with zero attached hydrogens (tertiary/aromatic N) is 2. The monoisotopic (exact) mass is 264 g/mol. The lowest BCUT2D eigenvalue weighted by molar-refractivity contribution is 0.590. The molecule has 6 nitrogen and oxygen atoms in total. The van der Waals surface area contributed by atoms with Crippen LogP contribution < -0.4 is 5.49 Å². The van der Waals surface area contributed by atoms with Crippen molar-refractivity contribution >= 4 is 20.0 Å². The summed E-state index contributed by atoms with van der Waals surface area (Å²) in [5.41, 5.74) is -0.119. The van der Waals surface area contributed by atoms with Gasteiger partial charge in [0.2, 0.25) is 10.0 Å². The van der Waals surface area contributed by atoms with E-state index >= 15 is 0 Å². The van der Waals surface area contributed by atoms with Gasteiger partial charge in [-0.25, -0.2) is 20.8 Å². The largest absolute Gasteiger partial charge is 0.254 e. The fourth-order valence-corrected chi connectivity index (χ4v) is 2.32. The molecular weight excluding hydrogens is 252 g/mol. The van der Waals surface area contributed by atoms with E-state index in [1.54, 1.807) is 0 Å². The van der Waals surface area contributed by atoms with Crippen LogP contribution in [0.5, 0.6) is 0 Å². The molecule has 0 radical (unpaired) electrons. The zero-order valence-electron chi connectivity index (χ0n) is 8.86. The highest BCUT2D eigenvalue weighted by Gasteiger charge is 2.08. The number of sulfonamides is 1. The Morgan fingerprint density at radius 1 is 1.25 bits per heavy atom. The van der Waals surface area contributed by atoms with Crippen LogP contribution >= 0.6 is 0 Å². The first-order valence-corrected chi connectivity index (χ1v) is 7.89. The Morgan fingerprint density at radius 3 is 2.38 bits per heavy atom. The predicted molar refractivity (Wildman–Crippen MR) is 59.7 cm³/mol. The van der Waals surface area contributed by atoms with Crippen molar-refractivity contribution in [3.05, 3.63) is 29.9 Å². The third-order valence-electron chi connectivity index (χ3n) is 1.76. The standard InChI is InChI=1S/C8H12N2O4S2/c1-3-16(13,14)9-8-6-4-5-7-10(8)15(2,11)12/h4-7H,3H2,1-2H3/b9-8-. The van der Waals surface area contributed by atoms with Crippen LogP contribution in [-0.2, 0) is 20.0 Å². The molecule has 0 bridgehead atoms. The molecule has 0 atom stereocenters. The Bertz CT molecular complexity index is 641. The van der Waals surface area contributed by atoms with Crippen LogP contribution in [0.3, 0.4) is 0 Å². The van der Waals surface area contributed by atoms with Gasteiger partial charge in [0.25, 0.3) is 10.0 Å². The van der Waals surface area contributed by atoms with Crippen LogP contribution in [0.15, 0.2) is 28.8 Å². The first-order chi connectivity index (χ1) is 7.26. The van der Waals surface area contributed by atoms with E-state index in [1.807, 2.05) is 0 Å². The van der Waals surface area contributed by atoms with Crippen LogP contribution in [0, 0.1) is 0 Å². The highest BCUT2D eigenvalue weighted by atomic mass is 32.2. The minimum absolute atomic E-state index is 0.119. The third kappa shape index (κ3) is 3.17. The van der Waals surface area contributed by atoms with Gasteiger partial charge in [-0.15, -0.1) is 4.40 Å². The van der Waals surface area contributed by atoms with E-state index in [0.29, 0.717) is 0 Å². The van der Waals surface area contributed by atoms with Gasteiger partial charge in [0.1, 0.15) is 0 Å². The van der Waals surface area contributed by atoms with Gasteiger partial charge in [-0.2, -0.15) is 0 Å². The maximum atomic E-state index is 11.3. The molecule has 0 saturated heterocycles. The topological polar surface area (TPSA) is 85.6 Å². The van der Waals surface area contributed by atoms with E-state index in [9.17, 15) is 16.8 Å². The second kappa shape index (κ2) is 4.38. The SMILES string of the molecule is CCS(=O)(=O)/N=c1/ccccn1S(C)(=O)=O. The molecule has 0 aliphatic carbocycles. The summed E-state index contributed by atoms with van der Waals surface area (Å²) < 4.78 is 49.5. The smallest absolute Gasteiger partial charge is 0.228 e. The second-order valence-electron chi connectivity index (χ2n) is 3.08. The Hall–Kier alpha value is -1.15. The lowest BCUT2D eigenvalue weighted by atomic mass is 10.5. The summed E-state index contributed by atoms with van der Waals surface area (Å²) in [5.74, 6) is -0.175. The third-order valence-corrected chi connectivity index (χ3v) is 3.98. The van der Waals surface area contributed by atoms with Gasteiger partial charge in [-0.05, 0) is 19.1 Å². The molecule has 0 saturated carbocycles. The molecule has 1 rings (SSSR count). The summed E-state index contributed by atoms with van der Waals surface area (Å²) in [6, 6.07) is 4.33. The molecule has 0 N–H and O–H groups in total. The Balaban J connectivity index is 3.61. The fourth-order valence-electron chi connectivity index (χ4n) is 0.977. The van der Waals surface area contributed by atoms with Crippen LogP contribution in [0.2, 0.25) is 0 Å². The van der Waals surface area contributed by atoms with Crippen LogP contribution in [0.1, 0.15) is 6.92 Å². The minimum atomic E-state index is -3.62. The number of hydrogen-bond donors (Lipinski definition) is 0. The predicted octanol–water partition coefficient (Wildman–Crippen LogP) is -0.454. The van der Waals surface area contributed by atoms with Gasteiger partial charge in [0.15, 0.2) is 5.49 Å². The first-order valence-electron chi connectivity index (χ1n) is 4.43. The summed E-state index contributed by atoms with van der Waals surface area (Å²) in [4.78, 5) is 0. The quantitative estimate of drug-likeness (QED) is 0.739. The van der Waals surface area contributed by atoms with E-state index in [2.05, 4.69) is 4.40 Å². The van der Waals surface area contributed by atoms with Gasteiger partial charge in [-0.3, -0.25) is 0 Å². The zero-order chi connectivity index (χ0) is 12.4. The molecule has 0 spiro atoms. The Labute approximate surface area is 94.4 Å². The Morgan fingerprint density at radius 2 is 1.88 bits per heavy atom. The molecular formula is C8H12N2O4S2. The van der Waals surface area contributed by atoms with Crippen LogP contribution in [-0.4, -0.2) is 32.8 Å². The first kappa shape index (κ1) is 12.9. The molecule has 16 heavy (non-hydrogen) atoms. The number of aromatic nitrogens is 1. The normalized spacial score (nSPS) is 14.0. The van der Waals surface area contributed by atoms with Crippen molar-refractivity contribution in [1.29, 1.82) is 0 Å². The maximum Gasteiger partial charge on any atom is 0.254 e. The van der Waals surface area contributed by atoms with Crippen molar-refractivity contribution in [1.82, 2.24) is 3.97 Å². The highest BCUT2D eigenvalue weighted by Crippen LogP contribution is 1.92. The molecule has 0 unspecified atom stereocenters. The molecule has 1 aromatic heterocycles. The van der Waals surface area contributed by atoms with Crippen molar-refractivity contribution in [2.75, 3.05) is 12.0 Å². The van der Waals surface area contributed by atoms with Crippen LogP contribution in [0.4, 0.5) is 0 Å². The average Bonchev–Trinajstić information content (AvgIpc) is 2.16. The highest BCUT2D eigenvalue weighted by molar-refractivity contribution is 7.90. The molecule has 0 amide bonds. The average molecular weight is 264 g/mol. The van der Waals surface area contributed by atoms with E-state index < -0.39 is 20.0 Å². The van der Waals surface area contributed by atoms with Gasteiger partial charge < -0.3 is 0 Å². The van der Waals surface area contributed by atoms with Crippen molar-refractivity contribution in [3.8, 4) is 0 Å². The summed E-state index contributed by atoms with van der Waals surface area (Å²) in [7, 11) is -7.17. The van der Waals surface area contributed by atoms with Gasteiger partial charge in [-0.1, -0.05) is 6.07 Å². The number of pyridine rings is 1. The van der Waals surface area contributed by atoms with E-state index in [4.69, 9.17) is 0 Å². The van der Waals surface area contributed by atoms with E-state index in [-0.39, 0.29) is 11.2 Å². The summed E-state index contributed by atoms with van der Waals surface area (Å²) >= 11 is 0. The Kier molecular flexibility index (Phi) is 3.54. The molecule has 0 aliphatic rings. The molecule has 0 fully saturated rings. The molecule has 1 heterocycles. The summed E-state index contributed by atoms with van der Waals surface area (Å²) in [6.07, 6.45) is 2.23. The molecule has 0 aliphatic heterocycles. The van der Waals surface area contributed by atoms with E-state index in [1.165, 1.54) is 31.3 Å². The van der Waals surface area contributed by atoms with Crippen molar-refractivity contribution < 1.29 is 16.8 Å². The molecule has 0 aromatic carbocycles. The zero-order valence-corrected chi connectivity index (χ0v) is 10.5. The van der Waals surface area contributed by atoms with Crippen molar-refractivity contribution in [2.24, 2.45) is 4.40 Å². The molecule has 8 heteroatoms. The maximum absolute atomic E-state index is 11.3. The molecule has 1 aromatic rings. The summed E-state index contributed by atoms with van der Waals surface area (Å²) in [5, 5.41) is 0. The van der Waals surface area contributed by atoms with Gasteiger partial charge in [0.05, 0.1) is 12.0 Å². The lowest BCUT2D eigenvalue weighted by Gasteiger charge is -2.03. The van der Waals surface area contributed by atoms with Crippen molar-refractivity contribution in [3.63, 3.8) is 0 Å². The van der Waals surface area contributed by atoms with E-state index in [0.717, 1.165) is 10.2 Å². The van der Waals surface area contributed by atoms with Gasteiger partial charge >= 0.3 is 0 Å².